The highest BCUT2D eigenvalue weighted by atomic mass is 35.5. The first-order valence-electron chi connectivity index (χ1n) is 5.90. The molecular formula is C13H16ClNO4. The molecule has 104 valence electrons. The third kappa shape index (κ3) is 2.83. The first kappa shape index (κ1) is 14.1. The van der Waals surface area contributed by atoms with Gasteiger partial charge in [0.05, 0.1) is 5.56 Å². The van der Waals surface area contributed by atoms with Crippen molar-refractivity contribution in [2.75, 3.05) is 27.3 Å². The average Bonchev–Trinajstić information content (AvgIpc) is 2.84. The summed E-state index contributed by atoms with van der Waals surface area (Å²) in [5.41, 5.74) is 0.194. The van der Waals surface area contributed by atoms with Crippen LogP contribution >= 0.6 is 11.6 Å². The Hall–Kier alpha value is -1.30. The summed E-state index contributed by atoms with van der Waals surface area (Å²) in [6.45, 7) is 0.861. The molecule has 5 nitrogen and oxygen atoms in total. The predicted octanol–water partition coefficient (Wildman–Crippen LogP) is 1.53. The highest BCUT2D eigenvalue weighted by Crippen LogP contribution is 2.25. The molecule has 0 spiro atoms. The molecule has 6 heteroatoms. The van der Waals surface area contributed by atoms with Crippen molar-refractivity contribution in [2.24, 2.45) is 0 Å². The molecule has 1 amide bonds. The maximum atomic E-state index is 12.3. The first-order valence-corrected chi connectivity index (χ1v) is 6.28. The number of hydrogen-bond donors (Lipinski definition) is 1. The summed E-state index contributed by atoms with van der Waals surface area (Å²) in [6, 6.07) is 4.40. The van der Waals surface area contributed by atoms with Crippen LogP contribution in [0.4, 0.5) is 0 Å². The molecule has 1 N–H and O–H groups in total. The minimum Gasteiger partial charge on any atom is -0.507 e. The molecule has 1 aromatic rings. The standard InChI is InChI=1S/C13H16ClNO4/c1-18-11-6-15(7-12(11)19-2)13(17)9-5-8(14)3-4-10(9)16/h3-5,11-12,16H,6-7H2,1-2H3. The Labute approximate surface area is 116 Å². The van der Waals surface area contributed by atoms with Crippen LogP contribution in [-0.4, -0.2) is 55.4 Å². The third-order valence-corrected chi connectivity index (χ3v) is 3.53. The van der Waals surface area contributed by atoms with Gasteiger partial charge in [0.2, 0.25) is 0 Å². The molecule has 1 aromatic carbocycles. The number of halogens is 1. The van der Waals surface area contributed by atoms with Crippen molar-refractivity contribution in [1.29, 1.82) is 0 Å². The van der Waals surface area contributed by atoms with Crippen LogP contribution in [0.25, 0.3) is 0 Å². The van der Waals surface area contributed by atoms with E-state index in [0.717, 1.165) is 0 Å². The summed E-state index contributed by atoms with van der Waals surface area (Å²) in [7, 11) is 3.17. The maximum Gasteiger partial charge on any atom is 0.257 e. The van der Waals surface area contributed by atoms with Gasteiger partial charge in [0.15, 0.2) is 0 Å². The van der Waals surface area contributed by atoms with Crippen molar-refractivity contribution in [3.8, 4) is 5.75 Å². The lowest BCUT2D eigenvalue weighted by molar-refractivity contribution is -0.00461. The number of hydrogen-bond acceptors (Lipinski definition) is 4. The quantitative estimate of drug-likeness (QED) is 0.915. The fourth-order valence-electron chi connectivity index (χ4n) is 2.21. The number of ether oxygens (including phenoxy) is 2. The Morgan fingerprint density at radius 1 is 1.32 bits per heavy atom. The Bertz CT molecular complexity index is 468. The topological polar surface area (TPSA) is 59.0 Å². The van der Waals surface area contributed by atoms with E-state index in [1.54, 1.807) is 19.1 Å². The van der Waals surface area contributed by atoms with Gasteiger partial charge in [-0.1, -0.05) is 11.6 Å². The molecule has 0 aliphatic carbocycles. The van der Waals surface area contributed by atoms with Crippen molar-refractivity contribution in [3.63, 3.8) is 0 Å². The molecule has 0 aromatic heterocycles. The van der Waals surface area contributed by atoms with Crippen LogP contribution in [0.3, 0.4) is 0 Å². The second kappa shape index (κ2) is 5.77. The Morgan fingerprint density at radius 2 is 1.89 bits per heavy atom. The smallest absolute Gasteiger partial charge is 0.257 e. The van der Waals surface area contributed by atoms with E-state index in [1.165, 1.54) is 18.2 Å². The van der Waals surface area contributed by atoms with Crippen molar-refractivity contribution >= 4 is 17.5 Å². The monoisotopic (exact) mass is 285 g/mol. The van der Waals surface area contributed by atoms with E-state index in [-0.39, 0.29) is 29.4 Å². The van der Waals surface area contributed by atoms with Crippen LogP contribution in [0.2, 0.25) is 5.02 Å². The van der Waals surface area contributed by atoms with Crippen molar-refractivity contribution < 1.29 is 19.4 Å². The molecule has 1 fully saturated rings. The highest BCUT2D eigenvalue weighted by Gasteiger charge is 2.36. The van der Waals surface area contributed by atoms with E-state index in [4.69, 9.17) is 21.1 Å². The number of carbonyl (C=O) groups is 1. The third-order valence-electron chi connectivity index (χ3n) is 3.30. The van der Waals surface area contributed by atoms with Crippen molar-refractivity contribution in [3.05, 3.63) is 28.8 Å². The number of aromatic hydroxyl groups is 1. The number of nitrogens with zero attached hydrogens (tertiary/aromatic N) is 1. The molecule has 2 unspecified atom stereocenters. The number of phenols is 1. The van der Waals surface area contributed by atoms with Gasteiger partial charge in [0.25, 0.3) is 5.91 Å². The van der Waals surface area contributed by atoms with Crippen LogP contribution in [0, 0.1) is 0 Å². The van der Waals surface area contributed by atoms with Crippen LogP contribution in [-0.2, 0) is 9.47 Å². The number of likely N-dealkylation sites (tertiary alicyclic amines) is 1. The van der Waals surface area contributed by atoms with Gasteiger partial charge in [-0.25, -0.2) is 0 Å². The van der Waals surface area contributed by atoms with Crippen LogP contribution < -0.4 is 0 Å². The second-order valence-electron chi connectivity index (χ2n) is 4.42. The van der Waals surface area contributed by atoms with E-state index < -0.39 is 0 Å². The lowest BCUT2D eigenvalue weighted by Gasteiger charge is -2.16. The zero-order chi connectivity index (χ0) is 14.0. The molecular weight excluding hydrogens is 270 g/mol. The van der Waals surface area contributed by atoms with Gasteiger partial charge in [-0.3, -0.25) is 4.79 Å². The second-order valence-corrected chi connectivity index (χ2v) is 4.86. The number of carbonyl (C=O) groups excluding carboxylic acids is 1. The molecule has 2 atom stereocenters. The minimum atomic E-state index is -0.276. The van der Waals surface area contributed by atoms with Crippen LogP contribution in [0.5, 0.6) is 5.75 Å². The summed E-state index contributed by atoms with van der Waals surface area (Å²) in [5, 5.41) is 10.2. The van der Waals surface area contributed by atoms with Gasteiger partial charge >= 0.3 is 0 Å². The average molecular weight is 286 g/mol. The summed E-state index contributed by atoms with van der Waals surface area (Å²) in [5.74, 6) is -0.356. The van der Waals surface area contributed by atoms with Gasteiger partial charge in [-0.05, 0) is 18.2 Å². The Morgan fingerprint density at radius 3 is 2.42 bits per heavy atom. The number of rotatable bonds is 3. The summed E-state index contributed by atoms with van der Waals surface area (Å²) in [4.78, 5) is 13.9. The lowest BCUT2D eigenvalue weighted by Crippen LogP contribution is -2.30. The number of methoxy groups -OCH3 is 2. The van der Waals surface area contributed by atoms with Gasteiger partial charge in [0.1, 0.15) is 18.0 Å². The van der Waals surface area contributed by atoms with Gasteiger partial charge in [0, 0.05) is 32.3 Å². The molecule has 0 radical (unpaired) electrons. The Kier molecular flexibility index (Phi) is 4.29. The summed E-state index contributed by atoms with van der Waals surface area (Å²) < 4.78 is 10.6. The molecule has 19 heavy (non-hydrogen) atoms. The molecule has 0 saturated carbocycles. The first-order chi connectivity index (χ1) is 9.06. The zero-order valence-corrected chi connectivity index (χ0v) is 11.6. The van der Waals surface area contributed by atoms with E-state index in [1.807, 2.05) is 0 Å². The van der Waals surface area contributed by atoms with E-state index >= 15 is 0 Å². The zero-order valence-electron chi connectivity index (χ0n) is 10.8. The summed E-state index contributed by atoms with van der Waals surface area (Å²) >= 11 is 5.85. The Balaban J connectivity index is 2.19. The number of amides is 1. The number of benzene rings is 1. The lowest BCUT2D eigenvalue weighted by atomic mass is 10.2. The maximum absolute atomic E-state index is 12.3. The van der Waals surface area contributed by atoms with Gasteiger partial charge in [-0.2, -0.15) is 0 Å². The van der Waals surface area contributed by atoms with Crippen molar-refractivity contribution in [2.45, 2.75) is 12.2 Å². The fraction of sp³-hybridized carbons (Fsp3) is 0.462. The van der Waals surface area contributed by atoms with Gasteiger partial charge in [-0.15, -0.1) is 0 Å². The predicted molar refractivity (Wildman–Crippen MR) is 70.6 cm³/mol. The fourth-order valence-corrected chi connectivity index (χ4v) is 2.38. The molecule has 1 heterocycles. The number of phenolic OH excluding ortho intramolecular Hbond substituents is 1. The van der Waals surface area contributed by atoms with Crippen molar-refractivity contribution in [1.82, 2.24) is 4.90 Å². The SMILES string of the molecule is COC1CN(C(=O)c2cc(Cl)ccc2O)CC1OC. The van der Waals surface area contributed by atoms with Crippen LogP contribution in [0.15, 0.2) is 18.2 Å². The summed E-state index contributed by atoms with van der Waals surface area (Å²) in [6.07, 6.45) is -0.314. The van der Waals surface area contributed by atoms with E-state index in [2.05, 4.69) is 0 Å². The van der Waals surface area contributed by atoms with E-state index in [0.29, 0.717) is 18.1 Å². The molecule has 1 aliphatic heterocycles. The minimum absolute atomic E-state index is 0.0794. The van der Waals surface area contributed by atoms with E-state index in [9.17, 15) is 9.90 Å². The molecule has 0 bridgehead atoms. The molecule has 1 saturated heterocycles. The largest absolute Gasteiger partial charge is 0.507 e. The molecule has 1 aliphatic rings. The normalized spacial score (nSPS) is 22.8. The molecule has 2 rings (SSSR count). The van der Waals surface area contributed by atoms with Crippen LogP contribution in [0.1, 0.15) is 10.4 Å². The van der Waals surface area contributed by atoms with Gasteiger partial charge < -0.3 is 19.5 Å². The highest BCUT2D eigenvalue weighted by molar-refractivity contribution is 6.31.